The third-order valence-electron chi connectivity index (χ3n) is 3.88. The first-order valence-corrected chi connectivity index (χ1v) is 9.87. The largest absolute Gasteiger partial charge is 0.427 e. The molecule has 1 saturated heterocycles. The molecule has 0 amide bonds. The second kappa shape index (κ2) is 6.93. The van der Waals surface area contributed by atoms with Crippen LogP contribution in [0.4, 0.5) is 18.3 Å². The molecule has 0 aliphatic carbocycles. The first-order valence-electron chi connectivity index (χ1n) is 7.61. The van der Waals surface area contributed by atoms with Gasteiger partial charge < -0.3 is 4.90 Å². The zero-order chi connectivity index (χ0) is 18.1. The second-order valence-corrected chi connectivity index (χ2v) is 8.51. The molecule has 1 aliphatic heterocycles. The number of hydrogen-bond donors (Lipinski definition) is 0. The molecule has 0 saturated carbocycles. The number of benzene rings is 1. The monoisotopic (exact) mass is 391 g/mol. The normalized spacial score (nSPS) is 17.5. The molecule has 136 valence electrons. The Kier molecular flexibility index (Phi) is 5.03. The molecule has 0 spiro atoms. The number of thiazole rings is 1. The van der Waals surface area contributed by atoms with Gasteiger partial charge in [-0.1, -0.05) is 29.5 Å². The number of nitrogens with zero attached hydrogens (tertiary/aromatic N) is 3. The lowest BCUT2D eigenvalue weighted by molar-refractivity contribution is -0.134. The van der Waals surface area contributed by atoms with Crippen LogP contribution in [-0.2, 0) is 16.2 Å². The topological polar surface area (TPSA) is 53.5 Å². The molecular weight excluding hydrogens is 375 g/mol. The Labute approximate surface area is 147 Å². The number of aromatic nitrogens is 1. The summed E-state index contributed by atoms with van der Waals surface area (Å²) in [5.41, 5.74) is 0. The molecule has 2 aromatic rings. The van der Waals surface area contributed by atoms with Crippen molar-refractivity contribution in [3.63, 3.8) is 0 Å². The van der Waals surface area contributed by atoms with Gasteiger partial charge in [-0.25, -0.2) is 13.4 Å². The van der Waals surface area contributed by atoms with Crippen molar-refractivity contribution in [3.05, 3.63) is 41.4 Å². The molecule has 1 aromatic carbocycles. The van der Waals surface area contributed by atoms with Gasteiger partial charge in [-0.2, -0.15) is 17.5 Å². The van der Waals surface area contributed by atoms with Crippen molar-refractivity contribution in [1.29, 1.82) is 0 Å². The van der Waals surface area contributed by atoms with Crippen molar-refractivity contribution >= 4 is 26.5 Å². The molecule has 5 nitrogen and oxygen atoms in total. The lowest BCUT2D eigenvalue weighted by atomic mass is 10.4. The quantitative estimate of drug-likeness (QED) is 0.807. The summed E-state index contributed by atoms with van der Waals surface area (Å²) in [6, 6.07) is 8.13. The van der Waals surface area contributed by atoms with Gasteiger partial charge in [-0.05, 0) is 18.6 Å². The Bertz CT molecular complexity index is 822. The van der Waals surface area contributed by atoms with E-state index in [-0.39, 0.29) is 16.6 Å². The van der Waals surface area contributed by atoms with Gasteiger partial charge in [-0.15, -0.1) is 0 Å². The first kappa shape index (κ1) is 18.2. The van der Waals surface area contributed by atoms with Crippen LogP contribution in [0.15, 0.2) is 41.4 Å². The van der Waals surface area contributed by atoms with Gasteiger partial charge in [0.2, 0.25) is 10.0 Å². The zero-order valence-electron chi connectivity index (χ0n) is 13.1. The second-order valence-electron chi connectivity index (χ2n) is 5.56. The Hall–Kier alpha value is -1.65. The summed E-state index contributed by atoms with van der Waals surface area (Å²) in [5.74, 6) is 0. The summed E-state index contributed by atoms with van der Waals surface area (Å²) < 4.78 is 64.9. The lowest BCUT2D eigenvalue weighted by Gasteiger charge is -2.21. The number of halogens is 3. The van der Waals surface area contributed by atoms with Crippen LogP contribution in [-0.4, -0.2) is 43.9 Å². The maximum atomic E-state index is 12.7. The molecule has 0 radical (unpaired) electrons. The number of anilines is 1. The van der Waals surface area contributed by atoms with E-state index in [9.17, 15) is 21.6 Å². The fraction of sp³-hybridized carbons (Fsp3) is 0.400. The first-order chi connectivity index (χ1) is 11.8. The van der Waals surface area contributed by atoms with Crippen LogP contribution in [0, 0.1) is 0 Å². The van der Waals surface area contributed by atoms with Gasteiger partial charge in [0, 0.05) is 26.2 Å². The minimum absolute atomic E-state index is 0.207. The van der Waals surface area contributed by atoms with E-state index in [2.05, 4.69) is 4.98 Å². The third kappa shape index (κ3) is 3.96. The predicted molar refractivity (Wildman–Crippen MR) is 89.1 cm³/mol. The predicted octanol–water partition coefficient (Wildman–Crippen LogP) is 3.06. The number of rotatable bonds is 3. The van der Waals surface area contributed by atoms with Crippen molar-refractivity contribution in [3.8, 4) is 0 Å². The fourth-order valence-corrected chi connectivity index (χ4v) is 4.93. The molecule has 3 rings (SSSR count). The van der Waals surface area contributed by atoms with E-state index in [1.807, 2.05) is 0 Å². The Morgan fingerprint density at radius 3 is 2.40 bits per heavy atom. The molecular formula is C15H16F3N3O2S2. The zero-order valence-corrected chi connectivity index (χ0v) is 14.7. The highest BCUT2D eigenvalue weighted by molar-refractivity contribution is 7.89. The highest BCUT2D eigenvalue weighted by atomic mass is 32.2. The van der Waals surface area contributed by atoms with Crippen LogP contribution in [0.3, 0.4) is 0 Å². The summed E-state index contributed by atoms with van der Waals surface area (Å²) in [6.45, 7) is 1.30. The van der Waals surface area contributed by atoms with Crippen LogP contribution in [0.25, 0.3) is 0 Å². The number of sulfonamides is 1. The average molecular weight is 391 g/mol. The number of hydrogen-bond acceptors (Lipinski definition) is 5. The molecule has 10 heteroatoms. The maximum Gasteiger partial charge on any atom is 0.427 e. The van der Waals surface area contributed by atoms with Gasteiger partial charge in [0.05, 0.1) is 11.1 Å². The van der Waals surface area contributed by atoms with Crippen LogP contribution < -0.4 is 4.90 Å². The minimum atomic E-state index is -4.41. The highest BCUT2D eigenvalue weighted by Crippen LogP contribution is 2.36. The van der Waals surface area contributed by atoms with E-state index in [0.717, 1.165) is 6.20 Å². The summed E-state index contributed by atoms with van der Waals surface area (Å²) in [6.07, 6.45) is -3.07. The molecule has 0 unspecified atom stereocenters. The van der Waals surface area contributed by atoms with Crippen molar-refractivity contribution < 1.29 is 21.6 Å². The van der Waals surface area contributed by atoms with Gasteiger partial charge in [0.15, 0.2) is 5.13 Å². The molecule has 0 atom stereocenters. The highest BCUT2D eigenvalue weighted by Gasteiger charge is 2.34. The lowest BCUT2D eigenvalue weighted by Crippen LogP contribution is -2.35. The van der Waals surface area contributed by atoms with Gasteiger partial charge in [0.1, 0.15) is 4.88 Å². The summed E-state index contributed by atoms with van der Waals surface area (Å²) in [4.78, 5) is 5.03. The SMILES string of the molecule is O=S(=O)(c1ccccc1)N1CCCN(c2ncc(C(F)(F)F)s2)CC1. The fourth-order valence-electron chi connectivity index (χ4n) is 2.61. The van der Waals surface area contributed by atoms with Crippen LogP contribution in [0.5, 0.6) is 0 Å². The van der Waals surface area contributed by atoms with Gasteiger partial charge >= 0.3 is 6.18 Å². The molecule has 0 bridgehead atoms. The van der Waals surface area contributed by atoms with Gasteiger partial charge in [0.25, 0.3) is 0 Å². The average Bonchev–Trinajstić information content (AvgIpc) is 2.94. The maximum absolute atomic E-state index is 12.7. The molecule has 1 fully saturated rings. The molecule has 1 aliphatic rings. The van der Waals surface area contributed by atoms with Crippen molar-refractivity contribution in [2.24, 2.45) is 0 Å². The standard InChI is InChI=1S/C15H16F3N3O2S2/c16-15(17,18)13-11-19-14(24-13)20-7-4-8-21(10-9-20)25(22,23)12-5-2-1-3-6-12/h1-3,5-6,11H,4,7-10H2. The summed E-state index contributed by atoms with van der Waals surface area (Å²) in [7, 11) is -3.60. The van der Waals surface area contributed by atoms with Crippen molar-refractivity contribution in [1.82, 2.24) is 9.29 Å². The Morgan fingerprint density at radius 1 is 1.04 bits per heavy atom. The molecule has 25 heavy (non-hydrogen) atoms. The van der Waals surface area contributed by atoms with E-state index in [0.29, 0.717) is 37.4 Å². The van der Waals surface area contributed by atoms with Crippen LogP contribution >= 0.6 is 11.3 Å². The van der Waals surface area contributed by atoms with E-state index in [1.54, 1.807) is 23.1 Å². The van der Waals surface area contributed by atoms with E-state index in [4.69, 9.17) is 0 Å². The minimum Gasteiger partial charge on any atom is -0.347 e. The molecule has 0 N–H and O–H groups in total. The van der Waals surface area contributed by atoms with Gasteiger partial charge in [-0.3, -0.25) is 0 Å². The summed E-state index contributed by atoms with van der Waals surface area (Å²) in [5, 5.41) is 0.270. The Morgan fingerprint density at radius 2 is 1.76 bits per heavy atom. The Balaban J connectivity index is 1.74. The van der Waals surface area contributed by atoms with E-state index in [1.165, 1.54) is 16.4 Å². The van der Waals surface area contributed by atoms with Crippen LogP contribution in [0.2, 0.25) is 0 Å². The van der Waals surface area contributed by atoms with Crippen molar-refractivity contribution in [2.45, 2.75) is 17.5 Å². The van der Waals surface area contributed by atoms with Crippen molar-refractivity contribution in [2.75, 3.05) is 31.1 Å². The molecule has 2 heterocycles. The summed E-state index contributed by atoms with van der Waals surface area (Å²) >= 11 is 0.583. The van der Waals surface area contributed by atoms with Crippen LogP contribution in [0.1, 0.15) is 11.3 Å². The number of alkyl halides is 3. The smallest absolute Gasteiger partial charge is 0.347 e. The van der Waals surface area contributed by atoms with E-state index >= 15 is 0 Å². The third-order valence-corrected chi connectivity index (χ3v) is 6.90. The molecule has 1 aromatic heterocycles. The van der Waals surface area contributed by atoms with E-state index < -0.39 is 21.1 Å².